The predicted octanol–water partition coefficient (Wildman–Crippen LogP) is 1.82. The van der Waals surface area contributed by atoms with Crippen LogP contribution in [0.4, 0.5) is 0 Å². The zero-order valence-corrected chi connectivity index (χ0v) is 11.1. The minimum atomic E-state index is -0.516. The van der Waals surface area contributed by atoms with Crippen molar-refractivity contribution in [2.24, 2.45) is 0 Å². The molecule has 0 N–H and O–H groups in total. The molecule has 1 saturated heterocycles. The van der Waals surface area contributed by atoms with Crippen molar-refractivity contribution in [1.82, 2.24) is 0 Å². The largest absolute Gasteiger partial charge is 0.461 e. The molecule has 1 fully saturated rings. The first-order valence-electron chi connectivity index (χ1n) is 5.90. The number of ether oxygens (including phenoxy) is 3. The van der Waals surface area contributed by atoms with E-state index < -0.39 is 17.6 Å². The highest BCUT2D eigenvalue weighted by Crippen LogP contribution is 2.20. The molecule has 0 spiro atoms. The van der Waals surface area contributed by atoms with Crippen LogP contribution in [0.5, 0.6) is 0 Å². The minimum Gasteiger partial charge on any atom is -0.461 e. The number of benzene rings is 1. The third kappa shape index (κ3) is 4.57. The van der Waals surface area contributed by atoms with Crippen LogP contribution in [0.1, 0.15) is 16.8 Å². The fourth-order valence-corrected chi connectivity index (χ4v) is 2.21. The standard InChI is InChI=1S/C13H14O5S/c14-11(18-13-17-8-9-19-13)6-7-16-12(15)10-4-2-1-3-5-10/h1-5,13H,6-9H2. The van der Waals surface area contributed by atoms with Crippen LogP contribution in [0.2, 0.25) is 0 Å². The Morgan fingerprint density at radius 1 is 1.32 bits per heavy atom. The first-order valence-corrected chi connectivity index (χ1v) is 6.95. The third-order valence-corrected chi connectivity index (χ3v) is 3.27. The molecule has 1 heterocycles. The van der Waals surface area contributed by atoms with Crippen molar-refractivity contribution < 1.29 is 23.8 Å². The van der Waals surface area contributed by atoms with E-state index in [9.17, 15) is 9.59 Å². The van der Waals surface area contributed by atoms with Gasteiger partial charge in [-0.3, -0.25) is 4.79 Å². The average molecular weight is 282 g/mol. The molecule has 5 nitrogen and oxygen atoms in total. The second-order valence-electron chi connectivity index (χ2n) is 3.77. The highest BCUT2D eigenvalue weighted by atomic mass is 32.2. The second-order valence-corrected chi connectivity index (χ2v) is 4.90. The summed E-state index contributed by atoms with van der Waals surface area (Å²) in [5, 5.41) is 0. The molecule has 1 aromatic carbocycles. The molecule has 102 valence electrons. The van der Waals surface area contributed by atoms with E-state index >= 15 is 0 Å². The number of hydrogen-bond acceptors (Lipinski definition) is 6. The highest BCUT2D eigenvalue weighted by Gasteiger charge is 2.20. The predicted molar refractivity (Wildman–Crippen MR) is 69.6 cm³/mol. The molecule has 1 aliphatic heterocycles. The maximum atomic E-state index is 11.6. The third-order valence-electron chi connectivity index (χ3n) is 2.37. The van der Waals surface area contributed by atoms with Crippen LogP contribution in [0.15, 0.2) is 30.3 Å². The molecule has 0 radical (unpaired) electrons. The van der Waals surface area contributed by atoms with Gasteiger partial charge in [-0.2, -0.15) is 0 Å². The minimum absolute atomic E-state index is 0.00392. The summed E-state index contributed by atoms with van der Waals surface area (Å²) in [6, 6.07) is 8.62. The van der Waals surface area contributed by atoms with E-state index in [1.165, 1.54) is 11.8 Å². The van der Waals surface area contributed by atoms with E-state index in [4.69, 9.17) is 14.2 Å². The van der Waals surface area contributed by atoms with Gasteiger partial charge >= 0.3 is 11.9 Å². The summed E-state index contributed by atoms with van der Waals surface area (Å²) in [7, 11) is 0. The maximum Gasteiger partial charge on any atom is 0.338 e. The molecule has 1 aliphatic rings. The van der Waals surface area contributed by atoms with Gasteiger partial charge in [0.25, 0.3) is 5.62 Å². The monoisotopic (exact) mass is 282 g/mol. The maximum absolute atomic E-state index is 11.6. The number of carbonyl (C=O) groups excluding carboxylic acids is 2. The van der Waals surface area contributed by atoms with E-state index in [2.05, 4.69) is 0 Å². The van der Waals surface area contributed by atoms with Gasteiger partial charge in [-0.1, -0.05) is 30.0 Å². The zero-order valence-electron chi connectivity index (χ0n) is 10.2. The Morgan fingerprint density at radius 2 is 2.11 bits per heavy atom. The Balaban J connectivity index is 1.65. The molecule has 6 heteroatoms. The van der Waals surface area contributed by atoms with Crippen molar-refractivity contribution in [3.8, 4) is 0 Å². The average Bonchev–Trinajstić information content (AvgIpc) is 2.92. The van der Waals surface area contributed by atoms with Crippen molar-refractivity contribution >= 4 is 23.7 Å². The summed E-state index contributed by atoms with van der Waals surface area (Å²) >= 11 is 1.43. The van der Waals surface area contributed by atoms with E-state index in [1.807, 2.05) is 6.07 Å². The van der Waals surface area contributed by atoms with E-state index in [-0.39, 0.29) is 13.0 Å². The summed E-state index contributed by atoms with van der Waals surface area (Å²) in [6.07, 6.45) is 0.0268. The van der Waals surface area contributed by atoms with Gasteiger partial charge in [-0.15, -0.1) is 0 Å². The van der Waals surface area contributed by atoms with Crippen LogP contribution in [-0.4, -0.2) is 36.5 Å². The highest BCUT2D eigenvalue weighted by molar-refractivity contribution is 7.99. The Morgan fingerprint density at radius 3 is 2.79 bits per heavy atom. The molecule has 0 bridgehead atoms. The summed E-state index contributed by atoms with van der Waals surface area (Å²) < 4.78 is 15.1. The van der Waals surface area contributed by atoms with Crippen molar-refractivity contribution in [3.05, 3.63) is 35.9 Å². The van der Waals surface area contributed by atoms with Crippen LogP contribution < -0.4 is 0 Å². The molecule has 0 aliphatic carbocycles. The number of hydrogen-bond donors (Lipinski definition) is 0. The van der Waals surface area contributed by atoms with Crippen molar-refractivity contribution in [1.29, 1.82) is 0 Å². The molecule has 1 aromatic rings. The van der Waals surface area contributed by atoms with Crippen LogP contribution in [0.25, 0.3) is 0 Å². The van der Waals surface area contributed by atoms with Crippen LogP contribution in [-0.2, 0) is 19.0 Å². The molecule has 1 unspecified atom stereocenters. The fourth-order valence-electron chi connectivity index (χ4n) is 1.46. The zero-order chi connectivity index (χ0) is 13.5. The van der Waals surface area contributed by atoms with Gasteiger partial charge in [0.1, 0.15) is 6.61 Å². The molecule has 0 aromatic heterocycles. The SMILES string of the molecule is O=C(CCOC(=O)c1ccccc1)OC1OCCS1. The first kappa shape index (κ1) is 13.9. The van der Waals surface area contributed by atoms with E-state index in [0.717, 1.165) is 5.75 Å². The molecular formula is C13H14O5S. The van der Waals surface area contributed by atoms with Crippen LogP contribution in [0.3, 0.4) is 0 Å². The topological polar surface area (TPSA) is 61.8 Å². The van der Waals surface area contributed by atoms with Crippen molar-refractivity contribution in [2.75, 3.05) is 19.0 Å². The van der Waals surface area contributed by atoms with Crippen molar-refractivity contribution in [2.45, 2.75) is 12.0 Å². The van der Waals surface area contributed by atoms with Crippen LogP contribution in [0, 0.1) is 0 Å². The lowest BCUT2D eigenvalue weighted by molar-refractivity contribution is -0.160. The fraction of sp³-hybridized carbons (Fsp3) is 0.385. The quantitative estimate of drug-likeness (QED) is 0.768. The second kappa shape index (κ2) is 7.16. The Hall–Kier alpha value is -1.53. The number of carbonyl (C=O) groups is 2. The number of esters is 2. The van der Waals surface area contributed by atoms with Gasteiger partial charge in [-0.25, -0.2) is 4.79 Å². The van der Waals surface area contributed by atoms with Crippen LogP contribution >= 0.6 is 11.8 Å². The van der Waals surface area contributed by atoms with Crippen molar-refractivity contribution in [3.63, 3.8) is 0 Å². The molecule has 2 rings (SSSR count). The lowest BCUT2D eigenvalue weighted by Gasteiger charge is -2.10. The molecule has 1 atom stereocenters. The normalized spacial score (nSPS) is 18.0. The van der Waals surface area contributed by atoms with Gasteiger partial charge in [0.2, 0.25) is 0 Å². The van der Waals surface area contributed by atoms with Gasteiger partial charge in [-0.05, 0) is 12.1 Å². The molecular weight excluding hydrogens is 268 g/mol. The number of thioether (sulfide) groups is 1. The van der Waals surface area contributed by atoms with E-state index in [0.29, 0.717) is 12.2 Å². The van der Waals surface area contributed by atoms with E-state index in [1.54, 1.807) is 24.3 Å². The lowest BCUT2D eigenvalue weighted by atomic mass is 10.2. The molecule has 0 saturated carbocycles. The Bertz CT molecular complexity index is 428. The number of rotatable bonds is 5. The Labute approximate surface area is 115 Å². The summed E-state index contributed by atoms with van der Waals surface area (Å²) in [5.74, 6) is -0.0545. The Kier molecular flexibility index (Phi) is 5.23. The van der Waals surface area contributed by atoms with Gasteiger partial charge < -0.3 is 14.2 Å². The smallest absolute Gasteiger partial charge is 0.338 e. The summed E-state index contributed by atoms with van der Waals surface area (Å²) in [5.41, 5.74) is -0.0529. The van der Waals surface area contributed by atoms with Gasteiger partial charge in [0.05, 0.1) is 18.6 Å². The first-order chi connectivity index (χ1) is 9.25. The molecule has 0 amide bonds. The van der Waals surface area contributed by atoms with Gasteiger partial charge in [0.15, 0.2) is 0 Å². The van der Waals surface area contributed by atoms with Gasteiger partial charge in [0, 0.05) is 5.75 Å². The summed E-state index contributed by atoms with van der Waals surface area (Å²) in [6.45, 7) is 0.593. The summed E-state index contributed by atoms with van der Waals surface area (Å²) in [4.78, 5) is 23.0. The lowest BCUT2D eigenvalue weighted by Crippen LogP contribution is -2.17. The molecule has 19 heavy (non-hydrogen) atoms.